The Hall–Kier alpha value is -1.52. The minimum absolute atomic E-state index is 0.0635. The van der Waals surface area contributed by atoms with Crippen molar-refractivity contribution in [3.63, 3.8) is 0 Å². The number of carboxylic acid groups (broad SMARTS) is 1. The Balaban J connectivity index is 1.37. The topological polar surface area (TPSA) is 75.6 Å². The fourth-order valence-corrected chi connectivity index (χ4v) is 9.53. The molecule has 0 aliphatic heterocycles. The third kappa shape index (κ3) is 5.76. The Bertz CT molecular complexity index is 867. The van der Waals surface area contributed by atoms with Gasteiger partial charge in [0.05, 0.1) is 0 Å². The summed E-state index contributed by atoms with van der Waals surface area (Å²) >= 11 is 0. The zero-order chi connectivity index (χ0) is 26.8. The molecule has 0 bridgehead atoms. The van der Waals surface area contributed by atoms with E-state index in [2.05, 4.69) is 46.0 Å². The third-order valence-corrected chi connectivity index (χ3v) is 11.5. The number of carbonyl (C=O) groups excluding carboxylic acids is 1. The first-order valence-corrected chi connectivity index (χ1v) is 15.3. The number of unbranched alkanes of at least 4 members (excludes halogenated alkanes) is 1. The van der Waals surface area contributed by atoms with Crippen LogP contribution in [0.15, 0.2) is 11.6 Å². The number of alkyl carbamates (subject to hydrolysis) is 1. The van der Waals surface area contributed by atoms with Crippen molar-refractivity contribution in [3.05, 3.63) is 11.6 Å². The highest BCUT2D eigenvalue weighted by molar-refractivity contribution is 5.68. The highest BCUT2D eigenvalue weighted by Gasteiger charge is 2.63. The van der Waals surface area contributed by atoms with Crippen LogP contribution >= 0.6 is 0 Å². The lowest BCUT2D eigenvalue weighted by Gasteiger charge is -2.63. The Kier molecular flexibility index (Phi) is 8.70. The molecule has 7 unspecified atom stereocenters. The van der Waals surface area contributed by atoms with Crippen molar-refractivity contribution in [3.8, 4) is 0 Å². The van der Waals surface area contributed by atoms with Gasteiger partial charge >= 0.3 is 12.1 Å². The number of aliphatic carboxylic acids is 1. The van der Waals surface area contributed by atoms with Crippen LogP contribution in [0.5, 0.6) is 0 Å². The lowest BCUT2D eigenvalue weighted by molar-refractivity contribution is -0.137. The molecular weight excluding hydrogens is 462 g/mol. The molecule has 1 amide bonds. The molecule has 37 heavy (non-hydrogen) atoms. The van der Waals surface area contributed by atoms with E-state index in [-0.39, 0.29) is 17.9 Å². The summed E-state index contributed by atoms with van der Waals surface area (Å²) in [7, 11) is 0. The van der Waals surface area contributed by atoms with Crippen molar-refractivity contribution >= 4 is 12.1 Å². The maximum Gasteiger partial charge on any atom is 0.407 e. The third-order valence-electron chi connectivity index (χ3n) is 11.5. The van der Waals surface area contributed by atoms with Crippen molar-refractivity contribution in [2.75, 3.05) is 6.54 Å². The SMILES string of the molecule is CC(C)CCCCC1CCC2C1(C)CCC1C3(C)CCC(OC(=O)NCCCC(=O)O)CC3=CCC12C. The molecule has 0 spiro atoms. The van der Waals surface area contributed by atoms with Gasteiger partial charge in [0.15, 0.2) is 0 Å². The molecule has 0 aromatic rings. The summed E-state index contributed by atoms with van der Waals surface area (Å²) < 4.78 is 5.78. The van der Waals surface area contributed by atoms with Crippen molar-refractivity contribution in [2.45, 2.75) is 131 Å². The maximum absolute atomic E-state index is 12.3. The van der Waals surface area contributed by atoms with E-state index >= 15 is 0 Å². The van der Waals surface area contributed by atoms with Crippen LogP contribution in [0.4, 0.5) is 4.79 Å². The fourth-order valence-electron chi connectivity index (χ4n) is 9.53. The summed E-state index contributed by atoms with van der Waals surface area (Å²) in [6.45, 7) is 12.8. The van der Waals surface area contributed by atoms with E-state index < -0.39 is 12.1 Å². The quantitative estimate of drug-likeness (QED) is 0.227. The molecule has 0 aromatic carbocycles. The number of fused-ring (bicyclic) bond motifs is 5. The van der Waals surface area contributed by atoms with Crippen molar-refractivity contribution in [1.29, 1.82) is 0 Å². The molecular formula is C32H53NO4. The summed E-state index contributed by atoms with van der Waals surface area (Å²) in [6, 6.07) is 0. The van der Waals surface area contributed by atoms with Gasteiger partial charge in [-0.15, -0.1) is 0 Å². The number of rotatable bonds is 10. The first kappa shape index (κ1) is 28.5. The minimum atomic E-state index is -0.837. The Morgan fingerprint density at radius 2 is 1.81 bits per heavy atom. The molecule has 0 saturated heterocycles. The van der Waals surface area contributed by atoms with Gasteiger partial charge in [-0.25, -0.2) is 4.79 Å². The van der Waals surface area contributed by atoms with Crippen LogP contribution in [0.1, 0.15) is 125 Å². The number of hydrogen-bond acceptors (Lipinski definition) is 3. The summed E-state index contributed by atoms with van der Waals surface area (Å²) in [4.78, 5) is 23.0. The first-order valence-electron chi connectivity index (χ1n) is 15.3. The number of carbonyl (C=O) groups is 2. The molecule has 7 atom stereocenters. The number of ether oxygens (including phenoxy) is 1. The molecule has 4 aliphatic rings. The predicted molar refractivity (Wildman–Crippen MR) is 148 cm³/mol. The molecule has 0 aromatic heterocycles. The normalized spacial score (nSPS) is 38.8. The monoisotopic (exact) mass is 515 g/mol. The van der Waals surface area contributed by atoms with E-state index in [4.69, 9.17) is 9.84 Å². The average Bonchev–Trinajstić information content (AvgIpc) is 3.17. The average molecular weight is 516 g/mol. The van der Waals surface area contributed by atoms with Crippen LogP contribution in [0.25, 0.3) is 0 Å². The lowest BCUT2D eigenvalue weighted by atomic mass is 9.41. The van der Waals surface area contributed by atoms with E-state index in [1.807, 2.05) is 0 Å². The van der Waals surface area contributed by atoms with Crippen LogP contribution in [-0.4, -0.2) is 29.8 Å². The second kappa shape index (κ2) is 11.3. The van der Waals surface area contributed by atoms with E-state index in [0.29, 0.717) is 23.8 Å². The molecule has 210 valence electrons. The highest BCUT2D eigenvalue weighted by atomic mass is 16.6. The summed E-state index contributed by atoms with van der Waals surface area (Å²) in [6.07, 6.45) is 17.8. The number of carboxylic acids is 1. The predicted octanol–water partition coefficient (Wildman–Crippen LogP) is 8.13. The smallest absolute Gasteiger partial charge is 0.407 e. The van der Waals surface area contributed by atoms with Crippen LogP contribution in [0.2, 0.25) is 0 Å². The van der Waals surface area contributed by atoms with Gasteiger partial charge in [0.2, 0.25) is 0 Å². The van der Waals surface area contributed by atoms with Crippen molar-refractivity contribution in [2.24, 2.45) is 39.9 Å². The second-order valence-electron chi connectivity index (χ2n) is 14.2. The van der Waals surface area contributed by atoms with Gasteiger partial charge in [-0.2, -0.15) is 0 Å². The fraction of sp³-hybridized carbons (Fsp3) is 0.875. The highest BCUT2D eigenvalue weighted by Crippen LogP contribution is 2.71. The van der Waals surface area contributed by atoms with Gasteiger partial charge in [0, 0.05) is 19.4 Å². The minimum Gasteiger partial charge on any atom is -0.481 e. The number of nitrogens with one attached hydrogen (secondary N) is 1. The maximum atomic E-state index is 12.3. The van der Waals surface area contributed by atoms with Gasteiger partial charge in [0.25, 0.3) is 0 Å². The number of hydrogen-bond donors (Lipinski definition) is 2. The van der Waals surface area contributed by atoms with E-state index in [1.54, 1.807) is 0 Å². The lowest BCUT2D eigenvalue weighted by Crippen LogP contribution is -2.56. The van der Waals surface area contributed by atoms with Gasteiger partial charge < -0.3 is 15.2 Å². The molecule has 5 nitrogen and oxygen atoms in total. The number of amides is 1. The first-order chi connectivity index (χ1) is 17.5. The zero-order valence-electron chi connectivity index (χ0n) is 24.2. The van der Waals surface area contributed by atoms with E-state index in [9.17, 15) is 9.59 Å². The van der Waals surface area contributed by atoms with Crippen LogP contribution in [0, 0.1) is 39.9 Å². The summed E-state index contributed by atoms with van der Waals surface area (Å²) in [5.74, 6) is 2.44. The zero-order valence-corrected chi connectivity index (χ0v) is 24.2. The Morgan fingerprint density at radius 1 is 1.03 bits per heavy atom. The summed E-state index contributed by atoms with van der Waals surface area (Å²) in [5, 5.41) is 11.5. The van der Waals surface area contributed by atoms with Crippen LogP contribution in [0.3, 0.4) is 0 Å². The molecule has 0 heterocycles. The molecule has 4 aliphatic carbocycles. The molecule has 4 rings (SSSR count). The molecule has 2 N–H and O–H groups in total. The van der Waals surface area contributed by atoms with E-state index in [1.165, 1.54) is 63.4 Å². The van der Waals surface area contributed by atoms with Crippen molar-refractivity contribution in [1.82, 2.24) is 5.32 Å². The van der Waals surface area contributed by atoms with Crippen LogP contribution < -0.4 is 5.32 Å². The summed E-state index contributed by atoms with van der Waals surface area (Å²) in [5.41, 5.74) is 2.63. The molecule has 5 heteroatoms. The van der Waals surface area contributed by atoms with Crippen molar-refractivity contribution < 1.29 is 19.4 Å². The van der Waals surface area contributed by atoms with Gasteiger partial charge in [-0.1, -0.05) is 65.5 Å². The van der Waals surface area contributed by atoms with Gasteiger partial charge in [0.1, 0.15) is 6.10 Å². The van der Waals surface area contributed by atoms with Crippen LogP contribution in [-0.2, 0) is 9.53 Å². The molecule has 0 radical (unpaired) electrons. The number of allylic oxidation sites excluding steroid dienone is 1. The van der Waals surface area contributed by atoms with E-state index in [0.717, 1.165) is 42.9 Å². The Labute approximate surface area is 225 Å². The standard InChI is InChI=1S/C32H53NO4/c1-22(2)9-6-7-10-23-12-13-26-30(23,3)19-16-27-31(4)18-15-25(21-24(31)14-17-32(26,27)5)37-29(36)33-20-8-11-28(34)35/h14,22-23,25-27H,6-13,15-21H2,1-5H3,(H,33,36)(H,34,35). The van der Waals surface area contributed by atoms with Gasteiger partial charge in [-0.3, -0.25) is 4.79 Å². The van der Waals surface area contributed by atoms with Gasteiger partial charge in [-0.05, 0) is 97.7 Å². The molecule has 3 saturated carbocycles. The Morgan fingerprint density at radius 3 is 2.54 bits per heavy atom. The second-order valence-corrected chi connectivity index (χ2v) is 14.2. The largest absolute Gasteiger partial charge is 0.481 e. The molecule has 3 fully saturated rings.